The molecule has 61 heavy (non-hydrogen) atoms. The highest BCUT2D eigenvalue weighted by molar-refractivity contribution is 6.03. The number of phenols is 1. The second kappa shape index (κ2) is 14.4. The smallest absolute Gasteiger partial charge is 0.435 e. The minimum absolute atomic E-state index is 0.00572. The average Bonchev–Trinajstić information content (AvgIpc) is 3.87. The highest BCUT2D eigenvalue weighted by Crippen LogP contribution is 2.56. The number of rotatable bonds is 7. The third-order valence-electron chi connectivity index (χ3n) is 13.2. The molecule has 326 valence electrons. The molecule has 2 bridgehead atoms. The van der Waals surface area contributed by atoms with Crippen LogP contribution in [0.25, 0.3) is 32.9 Å². The number of alkyl halides is 9. The van der Waals surface area contributed by atoms with Crippen LogP contribution < -0.4 is 15.0 Å². The Balaban J connectivity index is 1.11. The summed E-state index contributed by atoms with van der Waals surface area (Å²) in [6.07, 6.45) is -10.6. The number of ether oxygens (including phenoxy) is 2. The first-order chi connectivity index (χ1) is 28.8. The van der Waals surface area contributed by atoms with E-state index in [1.54, 1.807) is 0 Å². The molecule has 4 saturated heterocycles. The average molecular weight is 871 g/mol. The van der Waals surface area contributed by atoms with Crippen LogP contribution in [-0.2, 0) is 11.2 Å². The van der Waals surface area contributed by atoms with Crippen molar-refractivity contribution in [2.75, 3.05) is 31.2 Å². The highest BCUT2D eigenvalue weighted by atomic mass is 19.4. The molecular weight excluding hydrogens is 833 g/mol. The van der Waals surface area contributed by atoms with Crippen molar-refractivity contribution < 1.29 is 62.9 Å². The molecule has 0 spiro atoms. The van der Waals surface area contributed by atoms with Gasteiger partial charge < -0.3 is 24.8 Å². The standard InChI is InChI=1S/C41H37F11N6O3/c1-2-24-26(42)9-7-20-15-23(59)16-25(30(20)24)33-32(43)34-31-28(54-33)5-3-6-29-27-10-8-21(53-27)17-57(29)35(31)56-36(55-34)60-19-37-12-4-14-58(37)22(11-13-37)18-61-38(39(44,45)46,40(47,48)49)41(50,51)52/h1,7,9,15-16,21-22,27,29,53,59H,3-6,8,10-14,17-19H2/t21-,22+,27+,29-,37+/m1/s1. The minimum atomic E-state index is -6.86. The van der Waals surface area contributed by atoms with E-state index in [1.165, 1.54) is 23.1 Å². The number of benzene rings is 2. The lowest BCUT2D eigenvalue weighted by molar-refractivity contribution is -0.458. The molecule has 9 nitrogen and oxygen atoms in total. The largest absolute Gasteiger partial charge is 0.508 e. The summed E-state index contributed by atoms with van der Waals surface area (Å²) in [6, 6.07) is 3.70. The Kier molecular flexibility index (Phi) is 9.83. The van der Waals surface area contributed by atoms with Gasteiger partial charge in [-0.2, -0.15) is 49.5 Å². The number of nitrogens with zero attached hydrogens (tertiary/aromatic N) is 5. The van der Waals surface area contributed by atoms with E-state index >= 15 is 8.78 Å². The van der Waals surface area contributed by atoms with Crippen LogP contribution in [-0.4, -0.2) is 105 Å². The maximum atomic E-state index is 17.4. The first-order valence-electron chi connectivity index (χ1n) is 19.9. The molecule has 4 fully saturated rings. The van der Waals surface area contributed by atoms with Gasteiger partial charge in [0.25, 0.3) is 0 Å². The van der Waals surface area contributed by atoms with Crippen molar-refractivity contribution in [1.29, 1.82) is 0 Å². The lowest BCUT2D eigenvalue weighted by atomic mass is 9.92. The fourth-order valence-corrected chi connectivity index (χ4v) is 10.5. The molecule has 2 N–H and O–H groups in total. The Hall–Kier alpha value is -4.74. The van der Waals surface area contributed by atoms with Crippen molar-refractivity contribution in [3.8, 4) is 35.4 Å². The normalized spacial score (nSPS) is 25.7. The van der Waals surface area contributed by atoms with Gasteiger partial charge in [0.15, 0.2) is 5.82 Å². The molecule has 0 saturated carbocycles. The van der Waals surface area contributed by atoms with Crippen molar-refractivity contribution in [3.05, 3.63) is 47.2 Å². The molecule has 0 aliphatic carbocycles. The molecule has 0 amide bonds. The number of aromatic hydroxyl groups is 1. The van der Waals surface area contributed by atoms with Crippen molar-refractivity contribution >= 4 is 27.5 Å². The Bertz CT molecular complexity index is 2420. The van der Waals surface area contributed by atoms with Crippen molar-refractivity contribution in [2.45, 2.75) is 112 Å². The monoisotopic (exact) mass is 870 g/mol. The zero-order valence-corrected chi connectivity index (χ0v) is 32.0. The number of hydrogen-bond acceptors (Lipinski definition) is 9. The topological polar surface area (TPSA) is 95.9 Å². The molecule has 4 aromatic rings. The second-order valence-corrected chi connectivity index (χ2v) is 16.6. The van der Waals surface area contributed by atoms with Gasteiger partial charge in [-0.05, 0) is 87.9 Å². The predicted molar refractivity (Wildman–Crippen MR) is 198 cm³/mol. The van der Waals surface area contributed by atoms with Gasteiger partial charge in [0.2, 0.25) is 0 Å². The third-order valence-corrected chi connectivity index (χ3v) is 13.2. The molecule has 5 atom stereocenters. The molecule has 2 aromatic heterocycles. The number of nitrogens with one attached hydrogen (secondary N) is 1. The predicted octanol–water partition coefficient (Wildman–Crippen LogP) is 8.27. The maximum Gasteiger partial charge on any atom is 0.435 e. The molecule has 0 radical (unpaired) electrons. The number of piperazine rings is 1. The second-order valence-electron chi connectivity index (χ2n) is 16.6. The van der Waals surface area contributed by atoms with Crippen LogP contribution in [0.15, 0.2) is 24.3 Å². The summed E-state index contributed by atoms with van der Waals surface area (Å²) < 4.78 is 166. The minimum Gasteiger partial charge on any atom is -0.508 e. The van der Waals surface area contributed by atoms with E-state index in [4.69, 9.17) is 21.1 Å². The van der Waals surface area contributed by atoms with Gasteiger partial charge in [-0.1, -0.05) is 12.0 Å². The first kappa shape index (κ1) is 41.6. The quantitative estimate of drug-likeness (QED) is 0.141. The van der Waals surface area contributed by atoms with E-state index in [1.807, 2.05) is 0 Å². The maximum absolute atomic E-state index is 17.4. The molecule has 9 rings (SSSR count). The Labute approximate surface area is 340 Å². The fraction of sp³-hybridized carbons (Fsp3) is 0.537. The van der Waals surface area contributed by atoms with E-state index in [0.29, 0.717) is 60.9 Å². The van der Waals surface area contributed by atoms with E-state index in [-0.39, 0.29) is 83.6 Å². The van der Waals surface area contributed by atoms with Crippen molar-refractivity contribution in [1.82, 2.24) is 25.2 Å². The number of terminal acetylenes is 1. The number of fused-ring (bicyclic) bond motifs is 7. The Morgan fingerprint density at radius 3 is 2.38 bits per heavy atom. The number of pyridine rings is 1. The number of aryl methyl sites for hydroxylation is 1. The summed E-state index contributed by atoms with van der Waals surface area (Å²) in [5.74, 6) is 0.683. The van der Waals surface area contributed by atoms with Gasteiger partial charge in [-0.3, -0.25) is 4.90 Å². The van der Waals surface area contributed by atoms with Gasteiger partial charge in [0, 0.05) is 41.7 Å². The molecule has 20 heteroatoms. The lowest BCUT2D eigenvalue weighted by Crippen LogP contribution is -2.68. The number of phenolic OH excluding ortho intramolecular Hbond substituents is 1. The first-order valence-corrected chi connectivity index (χ1v) is 19.9. The molecule has 0 unspecified atom stereocenters. The van der Waals surface area contributed by atoms with Gasteiger partial charge in [-0.25, -0.2) is 13.8 Å². The van der Waals surface area contributed by atoms with Crippen LogP contribution in [0.2, 0.25) is 0 Å². The Morgan fingerprint density at radius 1 is 0.902 bits per heavy atom. The van der Waals surface area contributed by atoms with Crippen molar-refractivity contribution in [3.63, 3.8) is 0 Å². The lowest BCUT2D eigenvalue weighted by Gasteiger charge is -2.43. The molecule has 7 heterocycles. The summed E-state index contributed by atoms with van der Waals surface area (Å²) in [4.78, 5) is 17.8. The van der Waals surface area contributed by atoms with Gasteiger partial charge in [0.1, 0.15) is 35.2 Å². The molecule has 2 aromatic carbocycles. The van der Waals surface area contributed by atoms with Crippen LogP contribution >= 0.6 is 0 Å². The van der Waals surface area contributed by atoms with Crippen LogP contribution in [0.3, 0.4) is 0 Å². The zero-order valence-electron chi connectivity index (χ0n) is 32.0. The zero-order chi connectivity index (χ0) is 43.4. The van der Waals surface area contributed by atoms with Gasteiger partial charge in [-0.15, -0.1) is 6.42 Å². The highest BCUT2D eigenvalue weighted by Gasteiger charge is 2.85. The fourth-order valence-electron chi connectivity index (χ4n) is 10.5. The van der Waals surface area contributed by atoms with E-state index in [2.05, 4.69) is 25.9 Å². The number of aromatic nitrogens is 3. The van der Waals surface area contributed by atoms with Gasteiger partial charge in [0.05, 0.1) is 28.8 Å². The molecule has 5 aliphatic rings. The molecule has 5 aliphatic heterocycles. The van der Waals surface area contributed by atoms with Crippen LogP contribution in [0, 0.1) is 24.0 Å². The molecular formula is C41H37F11N6O3. The van der Waals surface area contributed by atoms with E-state index < -0.39 is 54.0 Å². The number of hydrogen-bond donors (Lipinski definition) is 2. The van der Waals surface area contributed by atoms with Crippen LogP contribution in [0.5, 0.6) is 11.8 Å². The number of anilines is 1. The van der Waals surface area contributed by atoms with Gasteiger partial charge >= 0.3 is 30.1 Å². The van der Waals surface area contributed by atoms with E-state index in [0.717, 1.165) is 18.9 Å². The summed E-state index contributed by atoms with van der Waals surface area (Å²) >= 11 is 0. The van der Waals surface area contributed by atoms with Crippen molar-refractivity contribution in [2.24, 2.45) is 0 Å². The van der Waals surface area contributed by atoms with Crippen LogP contribution in [0.4, 0.5) is 54.1 Å². The Morgan fingerprint density at radius 2 is 1.66 bits per heavy atom. The summed E-state index contributed by atoms with van der Waals surface area (Å²) in [5.41, 5.74) is -7.68. The summed E-state index contributed by atoms with van der Waals surface area (Å²) in [5, 5.41) is 15.1. The summed E-state index contributed by atoms with van der Waals surface area (Å²) in [6.45, 7) is -1.19. The summed E-state index contributed by atoms with van der Waals surface area (Å²) in [7, 11) is 0. The van der Waals surface area contributed by atoms with Crippen LogP contribution in [0.1, 0.15) is 62.6 Å². The SMILES string of the molecule is C#Cc1c(F)ccc2cc(O)cc(-c3nc4c5c(nc(OC[C@@]67CCCN6[C@H](COC(C(F)(F)F)(C(F)(F)F)C(F)(F)F)CC7)nc5c3F)N3C[C@H]5CC[C@H](N5)[C@H]3CCC4)c12. The third kappa shape index (κ3) is 6.50. The number of halogens is 11. The van der Waals surface area contributed by atoms with E-state index in [9.17, 15) is 44.6 Å².